The van der Waals surface area contributed by atoms with Gasteiger partial charge in [-0.2, -0.15) is 0 Å². The van der Waals surface area contributed by atoms with Crippen LogP contribution in [0.5, 0.6) is 0 Å². The maximum atomic E-state index is 12.3. The van der Waals surface area contributed by atoms with E-state index in [1.807, 2.05) is 0 Å². The van der Waals surface area contributed by atoms with Gasteiger partial charge < -0.3 is 75.6 Å². The Bertz CT molecular complexity index is 946. The van der Waals surface area contributed by atoms with Crippen molar-refractivity contribution in [2.75, 3.05) is 19.8 Å². The summed E-state index contributed by atoms with van der Waals surface area (Å²) in [6.07, 6.45) is -19.4. The molecule has 248 valence electrons. The third-order valence-electron chi connectivity index (χ3n) is 7.08. The third kappa shape index (κ3) is 8.48. The van der Waals surface area contributed by atoms with Crippen molar-refractivity contribution in [2.45, 2.75) is 106 Å². The van der Waals surface area contributed by atoms with E-state index in [9.17, 15) is 60.0 Å². The summed E-state index contributed by atoms with van der Waals surface area (Å²) in [7, 11) is 0. The molecule has 11 N–H and O–H groups in total. The normalized spacial score (nSPS) is 35.7. The standard InChI is InChI=1S/C24H41N3O16/c1-8(32)26-15-19(38)22(14(7-31)41-23(15)42-21(12(35)5-29)17(36)11(25)4-28)43-24-16(27(9(2)33)10(3)34)20(39)18(37)13(6-30)40-24/h4,11-24,29-31,35-39H,5-7,25H2,1-3H3,(H,26,32)/t11-,12+,13+,14+,15+,16+,17+,18+,19+,20+,21+,22+,23-,24-/m0/s1. The molecule has 14 atom stereocenters. The number of nitrogens with zero attached hydrogens (tertiary/aromatic N) is 1. The Morgan fingerprint density at radius 2 is 1.49 bits per heavy atom. The number of nitrogens with two attached hydrogens (primary N) is 1. The smallest absolute Gasteiger partial charge is 0.226 e. The molecule has 19 heteroatoms. The lowest BCUT2D eigenvalue weighted by Gasteiger charge is -2.50. The van der Waals surface area contributed by atoms with E-state index < -0.39 is 123 Å². The Balaban J connectivity index is 2.50. The first-order valence-electron chi connectivity index (χ1n) is 13.3. The number of aliphatic hydroxyl groups is 8. The molecule has 0 aromatic carbocycles. The van der Waals surface area contributed by atoms with Gasteiger partial charge in [-0.15, -0.1) is 0 Å². The monoisotopic (exact) mass is 627 g/mol. The van der Waals surface area contributed by atoms with Gasteiger partial charge in [0.2, 0.25) is 17.7 Å². The summed E-state index contributed by atoms with van der Waals surface area (Å²) in [6, 6.07) is -4.94. The van der Waals surface area contributed by atoms with E-state index in [1.165, 1.54) is 0 Å². The minimum atomic E-state index is -1.91. The molecule has 43 heavy (non-hydrogen) atoms. The SMILES string of the molecule is CC(=O)N[C@H]1[C@H](O[C@@H]([C@H](O)[C@@H](N)C=O)[C@H](O)CO)O[C@H](CO)[C@@H](O[C@@H]2O[C@H](CO)[C@@H](O)[C@H](O)[C@H]2N(C(C)=O)C(C)=O)[C@@H]1O. The van der Waals surface area contributed by atoms with Gasteiger partial charge in [-0.3, -0.25) is 19.3 Å². The van der Waals surface area contributed by atoms with E-state index in [-0.39, 0.29) is 6.29 Å². The number of rotatable bonds is 13. The first kappa shape index (κ1) is 36.9. The van der Waals surface area contributed by atoms with Gasteiger partial charge in [0.25, 0.3) is 0 Å². The molecule has 0 saturated carbocycles. The van der Waals surface area contributed by atoms with Gasteiger partial charge >= 0.3 is 0 Å². The average molecular weight is 628 g/mol. The van der Waals surface area contributed by atoms with Crippen LogP contribution in [0.1, 0.15) is 20.8 Å². The number of aldehydes is 1. The first-order chi connectivity index (χ1) is 20.1. The van der Waals surface area contributed by atoms with Crippen LogP contribution in [-0.4, -0.2) is 175 Å². The molecule has 2 fully saturated rings. The lowest BCUT2D eigenvalue weighted by molar-refractivity contribution is -0.345. The molecule has 2 aliphatic heterocycles. The molecule has 0 aliphatic carbocycles. The molecule has 2 rings (SSSR count). The summed E-state index contributed by atoms with van der Waals surface area (Å²) in [5, 5.41) is 84.8. The predicted octanol–water partition coefficient (Wildman–Crippen LogP) is -7.22. The van der Waals surface area contributed by atoms with Crippen molar-refractivity contribution >= 4 is 24.0 Å². The van der Waals surface area contributed by atoms with Gasteiger partial charge in [0.15, 0.2) is 12.6 Å². The van der Waals surface area contributed by atoms with Crippen molar-refractivity contribution in [2.24, 2.45) is 5.73 Å². The molecule has 0 aromatic rings. The highest BCUT2D eigenvalue weighted by Crippen LogP contribution is 2.32. The Morgan fingerprint density at radius 3 is 1.95 bits per heavy atom. The highest BCUT2D eigenvalue weighted by molar-refractivity contribution is 5.93. The summed E-state index contributed by atoms with van der Waals surface area (Å²) in [6.45, 7) is 0.279. The molecule has 2 aliphatic rings. The zero-order valence-corrected chi connectivity index (χ0v) is 23.6. The molecule has 0 aromatic heterocycles. The number of hydrogen-bond acceptors (Lipinski definition) is 17. The van der Waals surface area contributed by atoms with Crippen LogP contribution in [-0.2, 0) is 38.1 Å². The fourth-order valence-electron chi connectivity index (χ4n) is 4.95. The number of imide groups is 1. The zero-order chi connectivity index (χ0) is 32.8. The number of carbonyl (C=O) groups excluding carboxylic acids is 4. The molecule has 3 amide bonds. The van der Waals surface area contributed by atoms with Crippen molar-refractivity contribution in [1.82, 2.24) is 10.2 Å². The van der Waals surface area contributed by atoms with Crippen molar-refractivity contribution in [3.05, 3.63) is 0 Å². The summed E-state index contributed by atoms with van der Waals surface area (Å²) < 4.78 is 22.6. The lowest BCUT2D eigenvalue weighted by atomic mass is 9.93. The minimum Gasteiger partial charge on any atom is -0.394 e. The lowest BCUT2D eigenvalue weighted by Crippen LogP contribution is -2.70. The highest BCUT2D eigenvalue weighted by Gasteiger charge is 2.54. The van der Waals surface area contributed by atoms with Gasteiger partial charge in [-0.05, 0) is 0 Å². The molecule has 0 radical (unpaired) electrons. The number of nitrogens with one attached hydrogen (secondary N) is 1. The molecule has 2 saturated heterocycles. The summed E-state index contributed by atoms with van der Waals surface area (Å²) >= 11 is 0. The van der Waals surface area contributed by atoms with Crippen molar-refractivity contribution in [1.29, 1.82) is 0 Å². The zero-order valence-electron chi connectivity index (χ0n) is 23.6. The second-order valence-corrected chi connectivity index (χ2v) is 10.2. The molecule has 0 unspecified atom stereocenters. The maximum Gasteiger partial charge on any atom is 0.226 e. The van der Waals surface area contributed by atoms with Crippen LogP contribution >= 0.6 is 0 Å². The summed E-state index contributed by atoms with van der Waals surface area (Å²) in [5.41, 5.74) is 5.53. The van der Waals surface area contributed by atoms with E-state index >= 15 is 0 Å². The first-order valence-corrected chi connectivity index (χ1v) is 13.3. The largest absolute Gasteiger partial charge is 0.394 e. The number of ether oxygens (including phenoxy) is 4. The average Bonchev–Trinajstić information content (AvgIpc) is 2.96. The number of aliphatic hydroxyl groups excluding tert-OH is 8. The van der Waals surface area contributed by atoms with Crippen LogP contribution in [0.15, 0.2) is 0 Å². The Kier molecular flexibility index (Phi) is 13.9. The van der Waals surface area contributed by atoms with Gasteiger partial charge in [-0.1, -0.05) is 0 Å². The molecular formula is C24H41N3O16. The summed E-state index contributed by atoms with van der Waals surface area (Å²) in [4.78, 5) is 48.3. The Morgan fingerprint density at radius 1 is 0.930 bits per heavy atom. The number of amides is 3. The topological polar surface area (TPSA) is 308 Å². The van der Waals surface area contributed by atoms with Crippen molar-refractivity contribution < 1.29 is 79.0 Å². The third-order valence-corrected chi connectivity index (χ3v) is 7.08. The van der Waals surface area contributed by atoms with Crippen molar-refractivity contribution in [3.8, 4) is 0 Å². The van der Waals surface area contributed by atoms with Gasteiger partial charge in [0.05, 0.1) is 25.9 Å². The van der Waals surface area contributed by atoms with Gasteiger partial charge in [0.1, 0.15) is 73.3 Å². The second kappa shape index (κ2) is 16.2. The number of hydrogen-bond donors (Lipinski definition) is 10. The Hall–Kier alpha value is -2.24. The number of carbonyl (C=O) groups is 4. The molecular weight excluding hydrogens is 586 g/mol. The molecule has 0 bridgehead atoms. The molecule has 2 heterocycles. The van der Waals surface area contributed by atoms with Gasteiger partial charge in [-0.25, -0.2) is 0 Å². The predicted molar refractivity (Wildman–Crippen MR) is 137 cm³/mol. The van der Waals surface area contributed by atoms with Gasteiger partial charge in [0, 0.05) is 20.8 Å². The van der Waals surface area contributed by atoms with E-state index in [0.717, 1.165) is 20.8 Å². The molecule has 0 spiro atoms. The van der Waals surface area contributed by atoms with Crippen LogP contribution < -0.4 is 11.1 Å². The Labute approximate surface area is 245 Å². The van der Waals surface area contributed by atoms with E-state index in [0.29, 0.717) is 4.90 Å². The van der Waals surface area contributed by atoms with Crippen LogP contribution in [0.4, 0.5) is 0 Å². The van der Waals surface area contributed by atoms with Crippen LogP contribution in [0.25, 0.3) is 0 Å². The minimum absolute atomic E-state index is 0.143. The van der Waals surface area contributed by atoms with Crippen LogP contribution in [0.3, 0.4) is 0 Å². The quantitative estimate of drug-likeness (QED) is 0.0848. The van der Waals surface area contributed by atoms with E-state index in [1.54, 1.807) is 0 Å². The fourth-order valence-corrected chi connectivity index (χ4v) is 4.95. The highest BCUT2D eigenvalue weighted by atomic mass is 16.7. The van der Waals surface area contributed by atoms with Crippen molar-refractivity contribution in [3.63, 3.8) is 0 Å². The summed E-state index contributed by atoms with van der Waals surface area (Å²) in [5.74, 6) is -2.52. The van der Waals surface area contributed by atoms with Crippen LogP contribution in [0, 0.1) is 0 Å². The van der Waals surface area contributed by atoms with Crippen LogP contribution in [0.2, 0.25) is 0 Å². The fraction of sp³-hybridized carbons (Fsp3) is 0.833. The second-order valence-electron chi connectivity index (χ2n) is 10.2. The molecule has 19 nitrogen and oxygen atoms in total. The van der Waals surface area contributed by atoms with E-state index in [4.69, 9.17) is 24.7 Å². The van der Waals surface area contributed by atoms with E-state index in [2.05, 4.69) is 5.32 Å². The maximum absolute atomic E-state index is 12.3.